The normalized spacial score (nSPS) is 10.2. The molecule has 0 aliphatic carbocycles. The Morgan fingerprint density at radius 1 is 0.880 bits per heavy atom. The van der Waals surface area contributed by atoms with Crippen LogP contribution in [-0.4, -0.2) is 11.3 Å². The fourth-order valence-electron chi connectivity index (χ4n) is 2.37. The van der Waals surface area contributed by atoms with Crippen LogP contribution in [0.4, 0.5) is 5.69 Å². The Balaban J connectivity index is 0.000000701. The summed E-state index contributed by atoms with van der Waals surface area (Å²) >= 11 is -0.826. The van der Waals surface area contributed by atoms with Crippen molar-refractivity contribution < 1.29 is 26.0 Å². The summed E-state index contributed by atoms with van der Waals surface area (Å²) in [5.74, 6) is 0.279. The van der Waals surface area contributed by atoms with Gasteiger partial charge in [0, 0.05) is 11.8 Å². The van der Waals surface area contributed by atoms with Crippen molar-refractivity contribution in [3.05, 3.63) is 83.9 Å². The predicted molar refractivity (Wildman–Crippen MR) is 104 cm³/mol. The average Bonchev–Trinajstić information content (AvgIpc) is 2.65. The molecular formula is C20H17Cl2NOZr. The van der Waals surface area contributed by atoms with Gasteiger partial charge < -0.3 is 5.11 Å². The minimum absolute atomic E-state index is 0.279. The van der Waals surface area contributed by atoms with Crippen LogP contribution in [0.15, 0.2) is 77.8 Å². The third-order valence-electron chi connectivity index (χ3n) is 3.60. The van der Waals surface area contributed by atoms with Gasteiger partial charge in [-0.25, -0.2) is 0 Å². The summed E-state index contributed by atoms with van der Waals surface area (Å²) in [6.45, 7) is 1.89. The molecule has 0 heterocycles. The molecule has 0 atom stereocenters. The van der Waals surface area contributed by atoms with E-state index >= 15 is 0 Å². The standard InChI is InChI=1S/C20H17NO.2ClH.Zr/c1-15-12-13-18(16-8-4-2-5-9-16)19(20(15)22)14-21-17-10-6-3-7-11-17;;;/h2-14,22H,1H3;2*1H;/q;;;+2/p-2. The Labute approximate surface area is 166 Å². The van der Waals surface area contributed by atoms with Crippen molar-refractivity contribution in [2.24, 2.45) is 4.99 Å². The van der Waals surface area contributed by atoms with Gasteiger partial charge in [-0.05, 0) is 35.7 Å². The van der Waals surface area contributed by atoms with Gasteiger partial charge in [0.25, 0.3) is 0 Å². The maximum absolute atomic E-state index is 10.4. The molecule has 126 valence electrons. The fraction of sp³-hybridized carbons (Fsp3) is 0.0500. The van der Waals surface area contributed by atoms with E-state index in [1.54, 1.807) is 6.21 Å². The first-order chi connectivity index (χ1) is 12.2. The van der Waals surface area contributed by atoms with Crippen LogP contribution in [0.3, 0.4) is 0 Å². The third kappa shape index (κ3) is 5.81. The van der Waals surface area contributed by atoms with Crippen molar-refractivity contribution in [2.45, 2.75) is 6.92 Å². The van der Waals surface area contributed by atoms with E-state index in [-0.39, 0.29) is 5.75 Å². The second kappa shape index (κ2) is 10.6. The van der Waals surface area contributed by atoms with Gasteiger partial charge in [0.1, 0.15) is 5.75 Å². The van der Waals surface area contributed by atoms with Crippen LogP contribution in [0.2, 0.25) is 0 Å². The van der Waals surface area contributed by atoms with Crippen molar-refractivity contribution in [1.82, 2.24) is 0 Å². The quantitative estimate of drug-likeness (QED) is 0.455. The van der Waals surface area contributed by atoms with Gasteiger partial charge >= 0.3 is 37.9 Å². The first-order valence-electron chi connectivity index (χ1n) is 7.60. The van der Waals surface area contributed by atoms with Gasteiger partial charge in [0.15, 0.2) is 0 Å². The van der Waals surface area contributed by atoms with E-state index in [1.807, 2.05) is 79.7 Å². The number of rotatable bonds is 3. The summed E-state index contributed by atoms with van der Waals surface area (Å²) in [6, 6.07) is 23.7. The molecule has 5 heteroatoms. The van der Waals surface area contributed by atoms with Crippen molar-refractivity contribution in [3.8, 4) is 16.9 Å². The molecule has 2 nitrogen and oxygen atoms in total. The van der Waals surface area contributed by atoms with Gasteiger partial charge in [-0.2, -0.15) is 0 Å². The molecule has 0 amide bonds. The molecule has 3 aromatic carbocycles. The number of halogens is 2. The van der Waals surface area contributed by atoms with E-state index < -0.39 is 20.8 Å². The number of hydrogen-bond donors (Lipinski definition) is 1. The summed E-state index contributed by atoms with van der Waals surface area (Å²) < 4.78 is 0. The van der Waals surface area contributed by atoms with Crippen molar-refractivity contribution >= 4 is 28.9 Å². The van der Waals surface area contributed by atoms with E-state index in [4.69, 9.17) is 17.0 Å². The molecule has 0 unspecified atom stereocenters. The number of benzene rings is 3. The molecule has 1 N–H and O–H groups in total. The number of phenolic OH excluding ortho intramolecular Hbond substituents is 1. The van der Waals surface area contributed by atoms with Crippen LogP contribution in [0.5, 0.6) is 5.75 Å². The Morgan fingerprint density at radius 3 is 2.04 bits per heavy atom. The van der Waals surface area contributed by atoms with E-state index in [0.717, 1.165) is 27.9 Å². The fourth-order valence-corrected chi connectivity index (χ4v) is 2.37. The Morgan fingerprint density at radius 2 is 1.44 bits per heavy atom. The summed E-state index contributed by atoms with van der Waals surface area (Å²) in [4.78, 5) is 4.48. The van der Waals surface area contributed by atoms with Crippen molar-refractivity contribution in [1.29, 1.82) is 0 Å². The summed E-state index contributed by atoms with van der Waals surface area (Å²) in [6.07, 6.45) is 1.74. The topological polar surface area (TPSA) is 32.6 Å². The summed E-state index contributed by atoms with van der Waals surface area (Å²) in [5, 5.41) is 10.4. The molecule has 0 saturated heterocycles. The molecule has 3 rings (SSSR count). The molecule has 0 bridgehead atoms. The maximum atomic E-state index is 10.4. The number of phenols is 1. The molecule has 0 aromatic heterocycles. The Kier molecular flexibility index (Phi) is 8.41. The van der Waals surface area contributed by atoms with Crippen LogP contribution < -0.4 is 0 Å². The first-order valence-corrected chi connectivity index (χ1v) is 13.9. The number of para-hydroxylation sites is 1. The van der Waals surface area contributed by atoms with E-state index in [9.17, 15) is 5.11 Å². The number of hydrogen-bond acceptors (Lipinski definition) is 2. The second-order valence-electron chi connectivity index (χ2n) is 5.22. The monoisotopic (exact) mass is 447 g/mol. The van der Waals surface area contributed by atoms with E-state index in [0.29, 0.717) is 0 Å². The molecule has 0 spiro atoms. The van der Waals surface area contributed by atoms with Gasteiger partial charge in [0.2, 0.25) is 0 Å². The number of aliphatic imine (C=N–C) groups is 1. The van der Waals surface area contributed by atoms with Crippen LogP contribution in [0.1, 0.15) is 11.1 Å². The van der Waals surface area contributed by atoms with Gasteiger partial charge in [-0.1, -0.05) is 60.7 Å². The van der Waals surface area contributed by atoms with Crippen LogP contribution in [0.25, 0.3) is 11.1 Å². The molecular weight excluding hydrogens is 432 g/mol. The summed E-state index contributed by atoms with van der Waals surface area (Å²) in [5.41, 5.74) is 4.49. The van der Waals surface area contributed by atoms with Gasteiger partial charge in [0.05, 0.1) is 5.69 Å². The molecule has 3 aromatic rings. The molecule has 0 fully saturated rings. The Hall–Kier alpha value is -1.41. The average molecular weight is 449 g/mol. The molecule has 0 aliphatic rings. The number of aromatic hydroxyl groups is 1. The summed E-state index contributed by atoms with van der Waals surface area (Å²) in [7, 11) is 9.87. The van der Waals surface area contributed by atoms with Crippen molar-refractivity contribution in [2.75, 3.05) is 0 Å². The third-order valence-corrected chi connectivity index (χ3v) is 3.60. The van der Waals surface area contributed by atoms with E-state index in [1.165, 1.54) is 0 Å². The molecule has 25 heavy (non-hydrogen) atoms. The van der Waals surface area contributed by atoms with Gasteiger partial charge in [-0.3, -0.25) is 4.99 Å². The number of aryl methyl sites for hydroxylation is 1. The molecule has 0 aliphatic heterocycles. The zero-order chi connectivity index (χ0) is 18.1. The van der Waals surface area contributed by atoms with Crippen LogP contribution in [-0.2, 0) is 20.8 Å². The van der Waals surface area contributed by atoms with Crippen molar-refractivity contribution in [3.63, 3.8) is 0 Å². The Bertz CT molecular complexity index is 824. The van der Waals surface area contributed by atoms with Gasteiger partial charge in [-0.15, -0.1) is 0 Å². The molecule has 0 radical (unpaired) electrons. The first kappa shape index (κ1) is 19.9. The van der Waals surface area contributed by atoms with Crippen LogP contribution >= 0.6 is 17.0 Å². The SMILES string of the molecule is Cc1ccc(-c2ccccc2)c(C=Nc2ccccc2)c1O.[Cl][Zr][Cl]. The second-order valence-corrected chi connectivity index (χ2v) is 8.96. The van der Waals surface area contributed by atoms with E-state index in [2.05, 4.69) is 4.99 Å². The predicted octanol–water partition coefficient (Wildman–Crippen LogP) is 6.49. The zero-order valence-electron chi connectivity index (χ0n) is 13.7. The molecule has 0 saturated carbocycles. The number of nitrogens with zero attached hydrogens (tertiary/aromatic N) is 1. The zero-order valence-corrected chi connectivity index (χ0v) is 17.6. The van der Waals surface area contributed by atoms with Crippen LogP contribution in [0, 0.1) is 6.92 Å². The minimum atomic E-state index is -0.826.